The second-order valence-corrected chi connectivity index (χ2v) is 6.27. The number of nitrogens with zero attached hydrogens (tertiary/aromatic N) is 2. The minimum atomic E-state index is -0.692. The molecule has 1 amide bonds. The summed E-state index contributed by atoms with van der Waals surface area (Å²) < 4.78 is 0. The van der Waals surface area contributed by atoms with Gasteiger partial charge in [-0.2, -0.15) is 5.26 Å². The topological polar surface area (TPSA) is 96.0 Å². The highest BCUT2D eigenvalue weighted by Gasteiger charge is 2.15. The predicted octanol–water partition coefficient (Wildman–Crippen LogP) is 4.92. The Morgan fingerprint density at radius 2 is 1.92 bits per heavy atom. The van der Waals surface area contributed by atoms with Gasteiger partial charge in [0.2, 0.25) is 0 Å². The van der Waals surface area contributed by atoms with E-state index >= 15 is 0 Å². The van der Waals surface area contributed by atoms with E-state index in [1.54, 1.807) is 0 Å². The molecule has 2 aromatic carbocycles. The minimum absolute atomic E-state index is 0.0715. The molecule has 0 unspecified atom stereocenters. The van der Waals surface area contributed by atoms with Crippen molar-refractivity contribution in [2.45, 2.75) is 19.8 Å². The fourth-order valence-corrected chi connectivity index (χ4v) is 2.37. The van der Waals surface area contributed by atoms with E-state index in [1.807, 2.05) is 30.3 Å². The number of nitrogens with one attached hydrogen (secondary N) is 1. The van der Waals surface area contributed by atoms with Gasteiger partial charge >= 0.3 is 0 Å². The zero-order chi connectivity index (χ0) is 19.3. The van der Waals surface area contributed by atoms with Crippen LogP contribution in [0.5, 0.6) is 0 Å². The standard InChI is InChI=1S/C19H16ClN3O3/c1-12(2)14-5-3-13(4-6-14)9-15(11-21)19(24)22-18-10-16(23(25)26)7-8-17(18)20/h3-10,12H,1-2H3,(H,22,24). The lowest BCUT2D eigenvalue weighted by Crippen LogP contribution is -2.14. The summed E-state index contributed by atoms with van der Waals surface area (Å²) in [5.74, 6) is -0.314. The van der Waals surface area contributed by atoms with Gasteiger partial charge in [-0.25, -0.2) is 0 Å². The van der Waals surface area contributed by atoms with E-state index in [1.165, 1.54) is 18.2 Å². The number of nitriles is 1. The van der Waals surface area contributed by atoms with Crippen LogP contribution in [0.2, 0.25) is 5.02 Å². The fourth-order valence-electron chi connectivity index (χ4n) is 2.20. The number of carbonyl (C=O) groups excluding carboxylic acids is 1. The predicted molar refractivity (Wildman–Crippen MR) is 101 cm³/mol. The number of nitro groups is 1. The Hall–Kier alpha value is -3.17. The fraction of sp³-hybridized carbons (Fsp3) is 0.158. The summed E-state index contributed by atoms with van der Waals surface area (Å²) >= 11 is 5.96. The van der Waals surface area contributed by atoms with Crippen molar-refractivity contribution in [1.82, 2.24) is 0 Å². The molecule has 26 heavy (non-hydrogen) atoms. The largest absolute Gasteiger partial charge is 0.320 e. The third-order valence-electron chi connectivity index (χ3n) is 3.69. The molecule has 0 spiro atoms. The maximum atomic E-state index is 12.3. The number of halogens is 1. The van der Waals surface area contributed by atoms with Gasteiger partial charge in [-0.15, -0.1) is 0 Å². The first kappa shape index (κ1) is 19.2. The number of non-ortho nitro benzene ring substituents is 1. The van der Waals surface area contributed by atoms with E-state index < -0.39 is 10.8 Å². The van der Waals surface area contributed by atoms with E-state index in [0.29, 0.717) is 11.5 Å². The van der Waals surface area contributed by atoms with Crippen LogP contribution in [0.25, 0.3) is 6.08 Å². The summed E-state index contributed by atoms with van der Waals surface area (Å²) in [4.78, 5) is 22.6. The molecule has 0 saturated heterocycles. The number of rotatable bonds is 5. The lowest BCUT2D eigenvalue weighted by atomic mass is 10.0. The molecular weight excluding hydrogens is 354 g/mol. The first-order valence-electron chi connectivity index (χ1n) is 7.79. The minimum Gasteiger partial charge on any atom is -0.320 e. The van der Waals surface area contributed by atoms with Gasteiger partial charge in [0.1, 0.15) is 11.6 Å². The van der Waals surface area contributed by atoms with Crippen molar-refractivity contribution < 1.29 is 9.72 Å². The van der Waals surface area contributed by atoms with Crippen LogP contribution in [0.3, 0.4) is 0 Å². The van der Waals surface area contributed by atoms with Gasteiger partial charge in [-0.3, -0.25) is 14.9 Å². The number of carbonyl (C=O) groups is 1. The first-order chi connectivity index (χ1) is 12.3. The highest BCUT2D eigenvalue weighted by atomic mass is 35.5. The van der Waals surface area contributed by atoms with Gasteiger partial charge in [0.15, 0.2) is 0 Å². The molecule has 2 rings (SSSR count). The Morgan fingerprint density at radius 3 is 2.46 bits per heavy atom. The number of nitro benzene ring substituents is 1. The van der Waals surface area contributed by atoms with E-state index in [4.69, 9.17) is 11.6 Å². The number of anilines is 1. The number of hydrogen-bond donors (Lipinski definition) is 1. The highest BCUT2D eigenvalue weighted by molar-refractivity contribution is 6.34. The summed E-state index contributed by atoms with van der Waals surface area (Å²) in [6, 6.07) is 13.0. The second-order valence-electron chi connectivity index (χ2n) is 5.87. The van der Waals surface area contributed by atoms with E-state index in [2.05, 4.69) is 19.2 Å². The van der Waals surface area contributed by atoms with Crippen molar-refractivity contribution in [2.24, 2.45) is 0 Å². The van der Waals surface area contributed by atoms with Crippen molar-refractivity contribution in [3.05, 3.63) is 74.3 Å². The first-order valence-corrected chi connectivity index (χ1v) is 8.16. The van der Waals surface area contributed by atoms with Crippen LogP contribution in [-0.4, -0.2) is 10.8 Å². The molecular formula is C19H16ClN3O3. The molecule has 0 aliphatic carbocycles. The molecule has 6 nitrogen and oxygen atoms in total. The molecule has 1 N–H and O–H groups in total. The van der Waals surface area contributed by atoms with Crippen molar-refractivity contribution in [3.8, 4) is 6.07 Å². The van der Waals surface area contributed by atoms with E-state index in [0.717, 1.165) is 11.6 Å². The van der Waals surface area contributed by atoms with Gasteiger partial charge in [0, 0.05) is 12.1 Å². The molecule has 0 bridgehead atoms. The average molecular weight is 370 g/mol. The molecule has 0 radical (unpaired) electrons. The maximum Gasteiger partial charge on any atom is 0.271 e. The third-order valence-corrected chi connectivity index (χ3v) is 4.02. The normalized spacial score (nSPS) is 11.1. The van der Waals surface area contributed by atoms with Crippen LogP contribution in [-0.2, 0) is 4.79 Å². The van der Waals surface area contributed by atoms with Crippen molar-refractivity contribution in [2.75, 3.05) is 5.32 Å². The van der Waals surface area contributed by atoms with E-state index in [9.17, 15) is 20.2 Å². The molecule has 132 valence electrons. The third kappa shape index (κ3) is 4.68. The zero-order valence-electron chi connectivity index (χ0n) is 14.2. The summed E-state index contributed by atoms with van der Waals surface area (Å²) in [6.07, 6.45) is 1.45. The molecule has 0 atom stereocenters. The summed E-state index contributed by atoms with van der Waals surface area (Å²) in [5, 5.41) is 22.7. The van der Waals surface area contributed by atoms with Crippen molar-refractivity contribution in [3.63, 3.8) is 0 Å². The Balaban J connectivity index is 2.25. The summed E-state index contributed by atoms with van der Waals surface area (Å²) in [5.41, 5.74) is 1.57. The Morgan fingerprint density at radius 1 is 1.27 bits per heavy atom. The second kappa shape index (κ2) is 8.28. The Bertz CT molecular complexity index is 913. The van der Waals surface area contributed by atoms with Crippen molar-refractivity contribution in [1.29, 1.82) is 5.26 Å². The quantitative estimate of drug-likeness (QED) is 0.350. The van der Waals surface area contributed by atoms with E-state index in [-0.39, 0.29) is 22.0 Å². The van der Waals surface area contributed by atoms with Crippen LogP contribution in [0.15, 0.2) is 48.0 Å². The summed E-state index contributed by atoms with van der Waals surface area (Å²) in [6.45, 7) is 4.14. The molecule has 2 aromatic rings. The molecule has 0 aliphatic rings. The van der Waals surface area contributed by atoms with Gasteiger partial charge in [0.05, 0.1) is 15.6 Å². The Kier molecular flexibility index (Phi) is 6.10. The van der Waals surface area contributed by atoms with Gasteiger partial charge in [0.25, 0.3) is 11.6 Å². The van der Waals surface area contributed by atoms with Crippen LogP contribution >= 0.6 is 11.6 Å². The number of benzene rings is 2. The zero-order valence-corrected chi connectivity index (χ0v) is 14.9. The average Bonchev–Trinajstić information content (AvgIpc) is 2.61. The Labute approximate surface area is 155 Å². The monoisotopic (exact) mass is 369 g/mol. The molecule has 0 aliphatic heterocycles. The lowest BCUT2D eigenvalue weighted by molar-refractivity contribution is -0.384. The van der Waals surface area contributed by atoms with Crippen LogP contribution in [0, 0.1) is 21.4 Å². The SMILES string of the molecule is CC(C)c1ccc(C=C(C#N)C(=O)Nc2cc([N+](=O)[O-])ccc2Cl)cc1. The molecule has 7 heteroatoms. The van der Waals surface area contributed by atoms with Gasteiger partial charge in [-0.05, 0) is 29.2 Å². The molecule has 0 saturated carbocycles. The van der Waals surface area contributed by atoms with Crippen LogP contribution in [0.4, 0.5) is 11.4 Å². The lowest BCUT2D eigenvalue weighted by Gasteiger charge is -2.07. The highest BCUT2D eigenvalue weighted by Crippen LogP contribution is 2.27. The summed E-state index contributed by atoms with van der Waals surface area (Å²) in [7, 11) is 0. The number of amides is 1. The molecule has 0 heterocycles. The van der Waals surface area contributed by atoms with Crippen molar-refractivity contribution >= 4 is 35.0 Å². The smallest absolute Gasteiger partial charge is 0.271 e. The van der Waals surface area contributed by atoms with Gasteiger partial charge in [-0.1, -0.05) is 49.7 Å². The maximum absolute atomic E-state index is 12.3. The van der Waals surface area contributed by atoms with Gasteiger partial charge < -0.3 is 5.32 Å². The number of hydrogen-bond acceptors (Lipinski definition) is 4. The molecule has 0 fully saturated rings. The molecule has 0 aromatic heterocycles. The van der Waals surface area contributed by atoms with Crippen LogP contribution in [0.1, 0.15) is 30.9 Å². The van der Waals surface area contributed by atoms with Crippen LogP contribution < -0.4 is 5.32 Å².